The van der Waals surface area contributed by atoms with E-state index in [0.29, 0.717) is 23.6 Å². The van der Waals surface area contributed by atoms with Gasteiger partial charge in [0.05, 0.1) is 17.5 Å². The molecule has 2 aliphatic heterocycles. The molecular formula is C22H26N2O3. The van der Waals surface area contributed by atoms with Crippen molar-refractivity contribution in [2.75, 3.05) is 18.0 Å². The molecule has 0 aromatic heterocycles. The quantitative estimate of drug-likeness (QED) is 0.596. The maximum atomic E-state index is 12.9. The van der Waals surface area contributed by atoms with Crippen molar-refractivity contribution in [1.29, 1.82) is 0 Å². The lowest BCUT2D eigenvalue weighted by atomic mass is 9.78. The standard InChI is InChI=1S/C22H26N2O3/c1-14-10-12-23(13-11-14)20(25)16-6-8-17(9-7-16)24-21(26)18-5-3-4-15(2)19(18)22(24)27/h3-4,6-9,14-15,18-19H,5,10-13H2,1-2H3/t15-,18-,19-/m0/s1. The number of piperidine rings is 1. The second kappa shape index (κ2) is 6.95. The molecule has 0 saturated carbocycles. The number of imide groups is 1. The lowest BCUT2D eigenvalue weighted by molar-refractivity contribution is -0.122. The minimum atomic E-state index is -0.265. The summed E-state index contributed by atoms with van der Waals surface area (Å²) in [6, 6.07) is 6.93. The summed E-state index contributed by atoms with van der Waals surface area (Å²) in [5.74, 6) is 0.0140. The highest BCUT2D eigenvalue weighted by Gasteiger charge is 2.50. The van der Waals surface area contributed by atoms with E-state index in [9.17, 15) is 14.4 Å². The monoisotopic (exact) mass is 366 g/mol. The molecule has 3 aliphatic rings. The van der Waals surface area contributed by atoms with E-state index in [4.69, 9.17) is 0 Å². The molecule has 142 valence electrons. The second-order valence-electron chi connectivity index (χ2n) is 8.19. The van der Waals surface area contributed by atoms with E-state index in [2.05, 4.69) is 6.92 Å². The third kappa shape index (κ3) is 3.09. The molecule has 2 saturated heterocycles. The molecule has 0 bridgehead atoms. The predicted octanol–water partition coefficient (Wildman–Crippen LogP) is 3.26. The van der Waals surface area contributed by atoms with Gasteiger partial charge in [0.1, 0.15) is 0 Å². The molecule has 27 heavy (non-hydrogen) atoms. The molecule has 0 N–H and O–H groups in total. The lowest BCUT2D eigenvalue weighted by Crippen LogP contribution is -2.38. The minimum Gasteiger partial charge on any atom is -0.339 e. The Bertz CT molecular complexity index is 790. The van der Waals surface area contributed by atoms with Gasteiger partial charge in [-0.2, -0.15) is 0 Å². The molecule has 1 aliphatic carbocycles. The Morgan fingerprint density at radius 2 is 1.67 bits per heavy atom. The fraction of sp³-hybridized carbons (Fsp3) is 0.500. The van der Waals surface area contributed by atoms with Crippen molar-refractivity contribution in [3.8, 4) is 0 Å². The molecule has 5 heteroatoms. The molecule has 1 aromatic carbocycles. The molecule has 0 radical (unpaired) electrons. The Hall–Kier alpha value is -2.43. The first-order valence-corrected chi connectivity index (χ1v) is 9.91. The Kier molecular flexibility index (Phi) is 4.62. The van der Waals surface area contributed by atoms with Crippen LogP contribution in [0.3, 0.4) is 0 Å². The average Bonchev–Trinajstić information content (AvgIpc) is 2.94. The van der Waals surface area contributed by atoms with Crippen LogP contribution >= 0.6 is 0 Å². The zero-order valence-electron chi connectivity index (χ0n) is 15.9. The van der Waals surface area contributed by atoms with Crippen molar-refractivity contribution in [3.63, 3.8) is 0 Å². The van der Waals surface area contributed by atoms with E-state index < -0.39 is 0 Å². The first-order valence-electron chi connectivity index (χ1n) is 9.91. The van der Waals surface area contributed by atoms with Crippen molar-refractivity contribution < 1.29 is 14.4 Å². The Labute approximate surface area is 160 Å². The van der Waals surface area contributed by atoms with Crippen molar-refractivity contribution in [2.24, 2.45) is 23.7 Å². The number of rotatable bonds is 2. The summed E-state index contributed by atoms with van der Waals surface area (Å²) in [5, 5.41) is 0. The van der Waals surface area contributed by atoms with Crippen LogP contribution in [0.25, 0.3) is 0 Å². The first-order chi connectivity index (χ1) is 13.0. The maximum Gasteiger partial charge on any atom is 0.253 e. The SMILES string of the molecule is CC1CCN(C(=O)c2ccc(N3C(=O)[C@@H]4[C@H](CC=C[C@@H]4C)C3=O)cc2)CC1. The summed E-state index contributed by atoms with van der Waals surface area (Å²) < 4.78 is 0. The van der Waals surface area contributed by atoms with Crippen molar-refractivity contribution in [1.82, 2.24) is 4.90 Å². The van der Waals surface area contributed by atoms with Crippen LogP contribution in [0, 0.1) is 23.7 Å². The average molecular weight is 366 g/mol. The van der Waals surface area contributed by atoms with Gasteiger partial charge in [-0.25, -0.2) is 0 Å². The zero-order chi connectivity index (χ0) is 19.1. The maximum absolute atomic E-state index is 12.9. The highest BCUT2D eigenvalue weighted by Crippen LogP contribution is 2.40. The van der Waals surface area contributed by atoms with Crippen LogP contribution in [-0.2, 0) is 9.59 Å². The number of nitrogens with zero attached hydrogens (tertiary/aromatic N) is 2. The normalized spacial score (nSPS) is 28.6. The number of carbonyl (C=O) groups excluding carboxylic acids is 3. The van der Waals surface area contributed by atoms with E-state index in [1.165, 1.54) is 4.90 Å². The molecule has 2 heterocycles. The zero-order valence-corrected chi connectivity index (χ0v) is 15.9. The van der Waals surface area contributed by atoms with E-state index in [1.807, 2.05) is 24.0 Å². The molecule has 5 nitrogen and oxygen atoms in total. The summed E-state index contributed by atoms with van der Waals surface area (Å²) in [6.07, 6.45) is 6.73. The van der Waals surface area contributed by atoms with Gasteiger partial charge in [-0.3, -0.25) is 19.3 Å². The molecular weight excluding hydrogens is 340 g/mol. The first kappa shape index (κ1) is 18.0. The van der Waals surface area contributed by atoms with Gasteiger partial charge in [-0.15, -0.1) is 0 Å². The highest BCUT2D eigenvalue weighted by molar-refractivity contribution is 6.22. The number of hydrogen-bond donors (Lipinski definition) is 0. The minimum absolute atomic E-state index is 0.0269. The third-order valence-electron chi connectivity index (χ3n) is 6.32. The second-order valence-corrected chi connectivity index (χ2v) is 8.19. The van der Waals surface area contributed by atoms with Crippen LogP contribution in [0.15, 0.2) is 36.4 Å². The Morgan fingerprint density at radius 1 is 1.00 bits per heavy atom. The summed E-state index contributed by atoms with van der Waals surface area (Å²) in [6.45, 7) is 5.79. The number of hydrogen-bond acceptors (Lipinski definition) is 3. The molecule has 2 fully saturated rings. The van der Waals surface area contributed by atoms with Crippen LogP contribution < -0.4 is 4.90 Å². The van der Waals surface area contributed by atoms with Crippen LogP contribution in [0.4, 0.5) is 5.69 Å². The van der Waals surface area contributed by atoms with Crippen molar-refractivity contribution in [3.05, 3.63) is 42.0 Å². The summed E-state index contributed by atoms with van der Waals surface area (Å²) >= 11 is 0. The van der Waals surface area contributed by atoms with Gasteiger partial charge in [0.2, 0.25) is 11.8 Å². The lowest BCUT2D eigenvalue weighted by Gasteiger charge is -2.30. The summed E-state index contributed by atoms with van der Waals surface area (Å²) in [4.78, 5) is 41.5. The molecule has 0 spiro atoms. The van der Waals surface area contributed by atoms with Crippen LogP contribution in [0.5, 0.6) is 0 Å². The van der Waals surface area contributed by atoms with E-state index >= 15 is 0 Å². The van der Waals surface area contributed by atoms with Gasteiger partial charge in [0, 0.05) is 18.7 Å². The van der Waals surface area contributed by atoms with E-state index in [0.717, 1.165) is 25.9 Å². The van der Waals surface area contributed by atoms with Gasteiger partial charge in [0.15, 0.2) is 0 Å². The predicted molar refractivity (Wildman–Crippen MR) is 103 cm³/mol. The summed E-state index contributed by atoms with van der Waals surface area (Å²) in [5.41, 5.74) is 1.18. The van der Waals surface area contributed by atoms with Gasteiger partial charge in [0.25, 0.3) is 5.91 Å². The topological polar surface area (TPSA) is 57.7 Å². The van der Waals surface area contributed by atoms with Crippen LogP contribution in [0.1, 0.15) is 43.5 Å². The Balaban J connectivity index is 1.52. The van der Waals surface area contributed by atoms with Gasteiger partial charge >= 0.3 is 0 Å². The summed E-state index contributed by atoms with van der Waals surface area (Å²) in [7, 11) is 0. The van der Waals surface area contributed by atoms with Gasteiger partial charge in [-0.1, -0.05) is 26.0 Å². The third-order valence-corrected chi connectivity index (χ3v) is 6.32. The molecule has 3 amide bonds. The number of amides is 3. The van der Waals surface area contributed by atoms with Gasteiger partial charge < -0.3 is 4.90 Å². The van der Waals surface area contributed by atoms with E-state index in [1.54, 1.807) is 24.3 Å². The molecule has 1 aromatic rings. The molecule has 3 atom stereocenters. The number of allylic oxidation sites excluding steroid dienone is 2. The molecule has 4 rings (SSSR count). The van der Waals surface area contributed by atoms with Crippen molar-refractivity contribution in [2.45, 2.75) is 33.1 Å². The molecule has 0 unspecified atom stereocenters. The van der Waals surface area contributed by atoms with Crippen molar-refractivity contribution >= 4 is 23.4 Å². The Morgan fingerprint density at radius 3 is 2.30 bits per heavy atom. The number of likely N-dealkylation sites (tertiary alicyclic amines) is 1. The smallest absolute Gasteiger partial charge is 0.253 e. The van der Waals surface area contributed by atoms with Gasteiger partial charge in [-0.05, 0) is 55.4 Å². The largest absolute Gasteiger partial charge is 0.339 e. The number of benzene rings is 1. The number of fused-ring (bicyclic) bond motifs is 1. The van der Waals surface area contributed by atoms with Crippen LogP contribution in [-0.4, -0.2) is 35.7 Å². The number of carbonyl (C=O) groups is 3. The number of anilines is 1. The fourth-order valence-electron chi connectivity index (χ4n) is 4.55. The van der Waals surface area contributed by atoms with E-state index in [-0.39, 0.29) is 35.5 Å². The fourth-order valence-corrected chi connectivity index (χ4v) is 4.55. The van der Waals surface area contributed by atoms with Crippen LogP contribution in [0.2, 0.25) is 0 Å². The highest BCUT2D eigenvalue weighted by atomic mass is 16.2.